The van der Waals surface area contributed by atoms with Gasteiger partial charge in [-0.1, -0.05) is 23.7 Å². The zero-order valence-corrected chi connectivity index (χ0v) is 14.1. The van der Waals surface area contributed by atoms with Gasteiger partial charge in [0, 0.05) is 18.7 Å². The first-order valence-corrected chi connectivity index (χ1v) is 8.03. The summed E-state index contributed by atoms with van der Waals surface area (Å²) in [4.78, 5) is 23.9. The Hall–Kier alpha value is -2.53. The van der Waals surface area contributed by atoms with Gasteiger partial charge in [0.05, 0.1) is 17.2 Å². The van der Waals surface area contributed by atoms with Crippen LogP contribution in [0.25, 0.3) is 0 Å². The predicted molar refractivity (Wildman–Crippen MR) is 94.6 cm³/mol. The maximum atomic E-state index is 12.0. The number of amides is 2. The smallest absolute Gasteiger partial charge is 0.252 e. The highest BCUT2D eigenvalue weighted by atomic mass is 35.5. The third kappa shape index (κ3) is 5.28. The van der Waals surface area contributed by atoms with Gasteiger partial charge < -0.3 is 15.4 Å². The molecule has 0 saturated carbocycles. The monoisotopic (exact) mass is 346 g/mol. The lowest BCUT2D eigenvalue weighted by Crippen LogP contribution is -2.27. The lowest BCUT2D eigenvalue weighted by Gasteiger charge is -2.08. The summed E-state index contributed by atoms with van der Waals surface area (Å²) in [5.41, 5.74) is 1.08. The topological polar surface area (TPSA) is 67.4 Å². The Morgan fingerprint density at radius 1 is 1.08 bits per heavy atom. The summed E-state index contributed by atoms with van der Waals surface area (Å²) in [6.45, 7) is 2.73. The molecule has 126 valence electrons. The Kier molecular flexibility index (Phi) is 6.63. The van der Waals surface area contributed by atoms with Crippen molar-refractivity contribution in [3.63, 3.8) is 0 Å². The standard InChI is InChI=1S/C18H19ClN2O3/c1-2-24-14-9-7-13(8-10-14)21-17(22)11-12-20-18(23)15-5-3-4-6-16(15)19/h3-10H,2,11-12H2,1H3,(H,20,23)(H,21,22). The highest BCUT2D eigenvalue weighted by molar-refractivity contribution is 6.33. The van der Waals surface area contributed by atoms with Gasteiger partial charge in [0.2, 0.25) is 5.91 Å². The lowest BCUT2D eigenvalue weighted by molar-refractivity contribution is -0.116. The molecule has 2 rings (SSSR count). The average Bonchev–Trinajstić information content (AvgIpc) is 2.57. The van der Waals surface area contributed by atoms with Gasteiger partial charge in [0.15, 0.2) is 0 Å². The summed E-state index contributed by atoms with van der Waals surface area (Å²) in [7, 11) is 0. The fraction of sp³-hybridized carbons (Fsp3) is 0.222. The van der Waals surface area contributed by atoms with Crippen LogP contribution in [0.3, 0.4) is 0 Å². The summed E-state index contributed by atoms with van der Waals surface area (Å²) >= 11 is 5.95. The molecule has 0 aromatic heterocycles. The molecular formula is C18H19ClN2O3. The molecule has 6 heteroatoms. The molecule has 24 heavy (non-hydrogen) atoms. The van der Waals surface area contributed by atoms with E-state index in [1.165, 1.54) is 0 Å². The first-order chi connectivity index (χ1) is 11.6. The van der Waals surface area contributed by atoms with Gasteiger partial charge in [-0.25, -0.2) is 0 Å². The predicted octanol–water partition coefficient (Wildman–Crippen LogP) is 3.50. The van der Waals surface area contributed by atoms with E-state index in [4.69, 9.17) is 16.3 Å². The van der Waals surface area contributed by atoms with E-state index in [2.05, 4.69) is 10.6 Å². The minimum absolute atomic E-state index is 0.170. The number of carbonyl (C=O) groups is 2. The summed E-state index contributed by atoms with van der Waals surface area (Å²) in [5, 5.41) is 5.83. The average molecular weight is 347 g/mol. The van der Waals surface area contributed by atoms with Crippen molar-refractivity contribution in [1.82, 2.24) is 5.32 Å². The molecule has 0 saturated heterocycles. The Bertz CT molecular complexity index is 702. The normalized spacial score (nSPS) is 10.1. The molecule has 0 bridgehead atoms. The highest BCUT2D eigenvalue weighted by Gasteiger charge is 2.10. The van der Waals surface area contributed by atoms with Gasteiger partial charge in [0.25, 0.3) is 5.91 Å². The van der Waals surface area contributed by atoms with Crippen LogP contribution in [0.15, 0.2) is 48.5 Å². The zero-order valence-electron chi connectivity index (χ0n) is 13.3. The van der Waals surface area contributed by atoms with Gasteiger partial charge >= 0.3 is 0 Å². The maximum Gasteiger partial charge on any atom is 0.252 e. The van der Waals surface area contributed by atoms with Gasteiger partial charge in [0.1, 0.15) is 5.75 Å². The van der Waals surface area contributed by atoms with E-state index in [0.717, 1.165) is 5.75 Å². The lowest BCUT2D eigenvalue weighted by atomic mass is 10.2. The fourth-order valence-electron chi connectivity index (χ4n) is 2.05. The van der Waals surface area contributed by atoms with Crippen LogP contribution >= 0.6 is 11.6 Å². The van der Waals surface area contributed by atoms with E-state index in [1.807, 2.05) is 6.92 Å². The van der Waals surface area contributed by atoms with Crippen molar-refractivity contribution < 1.29 is 14.3 Å². The molecule has 0 atom stereocenters. The van der Waals surface area contributed by atoms with Crippen LogP contribution in [0, 0.1) is 0 Å². The Balaban J connectivity index is 1.77. The second-order valence-corrected chi connectivity index (χ2v) is 5.40. The molecule has 0 aliphatic carbocycles. The van der Waals surface area contributed by atoms with Crippen molar-refractivity contribution in [2.24, 2.45) is 0 Å². The van der Waals surface area contributed by atoms with Crippen LogP contribution in [-0.4, -0.2) is 25.0 Å². The summed E-state index contributed by atoms with van der Waals surface area (Å²) in [6, 6.07) is 13.9. The van der Waals surface area contributed by atoms with Crippen molar-refractivity contribution in [2.45, 2.75) is 13.3 Å². The number of rotatable bonds is 7. The number of benzene rings is 2. The molecule has 0 heterocycles. The third-order valence-corrected chi connectivity index (χ3v) is 3.53. The van der Waals surface area contributed by atoms with E-state index in [-0.39, 0.29) is 24.8 Å². The van der Waals surface area contributed by atoms with Gasteiger partial charge in [-0.15, -0.1) is 0 Å². The molecule has 0 fully saturated rings. The minimum atomic E-state index is -0.297. The molecule has 2 amide bonds. The first kappa shape index (κ1) is 17.8. The molecule has 2 N–H and O–H groups in total. The molecule has 0 aliphatic rings. The zero-order chi connectivity index (χ0) is 17.4. The van der Waals surface area contributed by atoms with Gasteiger partial charge in [-0.05, 0) is 43.3 Å². The number of anilines is 1. The number of carbonyl (C=O) groups excluding carboxylic acids is 2. The fourth-order valence-corrected chi connectivity index (χ4v) is 2.28. The van der Waals surface area contributed by atoms with Crippen LogP contribution in [0.2, 0.25) is 5.02 Å². The van der Waals surface area contributed by atoms with E-state index in [9.17, 15) is 9.59 Å². The van der Waals surface area contributed by atoms with Crippen LogP contribution in [0.4, 0.5) is 5.69 Å². The molecule has 2 aromatic carbocycles. The van der Waals surface area contributed by atoms with E-state index in [0.29, 0.717) is 22.9 Å². The number of hydrogen-bond donors (Lipinski definition) is 2. The number of halogens is 1. The summed E-state index contributed by atoms with van der Waals surface area (Å²) < 4.78 is 5.34. The second kappa shape index (κ2) is 8.93. The molecule has 0 radical (unpaired) electrons. The number of ether oxygens (including phenoxy) is 1. The van der Waals surface area contributed by atoms with Crippen molar-refractivity contribution >= 4 is 29.1 Å². The van der Waals surface area contributed by atoms with Crippen LogP contribution in [0.5, 0.6) is 5.75 Å². The first-order valence-electron chi connectivity index (χ1n) is 7.65. The Morgan fingerprint density at radius 2 is 1.79 bits per heavy atom. The van der Waals surface area contributed by atoms with Gasteiger partial charge in [-0.3, -0.25) is 9.59 Å². The third-order valence-electron chi connectivity index (χ3n) is 3.21. The Morgan fingerprint density at radius 3 is 2.46 bits per heavy atom. The van der Waals surface area contributed by atoms with E-state index < -0.39 is 0 Å². The molecule has 0 aliphatic heterocycles. The van der Waals surface area contributed by atoms with Crippen molar-refractivity contribution in [3.8, 4) is 5.75 Å². The van der Waals surface area contributed by atoms with Crippen LogP contribution < -0.4 is 15.4 Å². The van der Waals surface area contributed by atoms with E-state index in [1.54, 1.807) is 48.5 Å². The molecule has 0 unspecified atom stereocenters. The summed E-state index contributed by atoms with van der Waals surface area (Å²) in [5.74, 6) is 0.274. The van der Waals surface area contributed by atoms with E-state index >= 15 is 0 Å². The van der Waals surface area contributed by atoms with Crippen LogP contribution in [-0.2, 0) is 4.79 Å². The minimum Gasteiger partial charge on any atom is -0.494 e. The highest BCUT2D eigenvalue weighted by Crippen LogP contribution is 2.16. The quantitative estimate of drug-likeness (QED) is 0.806. The number of nitrogens with one attached hydrogen (secondary N) is 2. The SMILES string of the molecule is CCOc1ccc(NC(=O)CCNC(=O)c2ccccc2Cl)cc1. The summed E-state index contributed by atoms with van der Waals surface area (Å²) in [6.07, 6.45) is 0.170. The van der Waals surface area contributed by atoms with Crippen molar-refractivity contribution in [3.05, 3.63) is 59.1 Å². The Labute approximate surface area is 146 Å². The molecular weight excluding hydrogens is 328 g/mol. The molecule has 0 spiro atoms. The molecule has 2 aromatic rings. The largest absolute Gasteiger partial charge is 0.494 e. The van der Waals surface area contributed by atoms with Crippen LogP contribution in [0.1, 0.15) is 23.7 Å². The maximum absolute atomic E-state index is 12.0. The van der Waals surface area contributed by atoms with Gasteiger partial charge in [-0.2, -0.15) is 0 Å². The molecule has 5 nitrogen and oxygen atoms in total. The second-order valence-electron chi connectivity index (χ2n) is 4.99. The van der Waals surface area contributed by atoms with Crippen molar-refractivity contribution in [2.75, 3.05) is 18.5 Å². The van der Waals surface area contributed by atoms with Crippen molar-refractivity contribution in [1.29, 1.82) is 0 Å². The number of hydrogen-bond acceptors (Lipinski definition) is 3.